The largest absolute Gasteiger partial charge is 0.480 e. The molecule has 2 aromatic rings. The van der Waals surface area contributed by atoms with Gasteiger partial charge in [-0.2, -0.15) is 0 Å². The van der Waals surface area contributed by atoms with E-state index in [1.807, 2.05) is 48.5 Å². The van der Waals surface area contributed by atoms with Gasteiger partial charge in [0.15, 0.2) is 0 Å². The van der Waals surface area contributed by atoms with Gasteiger partial charge in [-0.25, -0.2) is 9.59 Å². The Kier molecular flexibility index (Phi) is 6.59. The monoisotopic (exact) mass is 442 g/mol. The summed E-state index contributed by atoms with van der Waals surface area (Å²) in [4.78, 5) is 37.1. The highest BCUT2D eigenvalue weighted by Crippen LogP contribution is 2.44. The SMILES string of the molecule is CC(=O)NSC(C)(C)[C@@H](C(=O)O)N(C)C(=O)OCC1c2ccccc2-c2ccccc21. The maximum Gasteiger partial charge on any atom is 0.410 e. The van der Waals surface area contributed by atoms with E-state index in [9.17, 15) is 19.5 Å². The number of nitrogens with zero attached hydrogens (tertiary/aromatic N) is 1. The molecule has 8 heteroatoms. The number of amides is 2. The number of hydrogen-bond acceptors (Lipinski definition) is 5. The lowest BCUT2D eigenvalue weighted by atomic mass is 9.98. The predicted octanol–water partition coefficient (Wildman–Crippen LogP) is 3.88. The van der Waals surface area contributed by atoms with Crippen LogP contribution in [0.5, 0.6) is 0 Å². The standard InChI is InChI=1S/C23H26N2O5S/c1-14(26)24-31-23(2,3)20(21(27)28)25(4)22(29)30-13-19-17-11-7-5-9-15(17)16-10-6-8-12-18(16)19/h5-12,19-20H,13H2,1-4H3,(H,24,26)(H,27,28)/t20-/m1/s1. The first kappa shape index (κ1) is 22.7. The molecule has 2 N–H and O–H groups in total. The van der Waals surface area contributed by atoms with Crippen molar-refractivity contribution in [2.24, 2.45) is 0 Å². The summed E-state index contributed by atoms with van der Waals surface area (Å²) in [6, 6.07) is 14.8. The third-order valence-corrected chi connectivity index (χ3v) is 6.50. The molecule has 7 nitrogen and oxygen atoms in total. The van der Waals surface area contributed by atoms with Crippen LogP contribution in [0.3, 0.4) is 0 Å². The minimum absolute atomic E-state index is 0.100. The molecule has 1 atom stereocenters. The van der Waals surface area contributed by atoms with Crippen LogP contribution < -0.4 is 4.72 Å². The number of likely N-dealkylation sites (N-methyl/N-ethyl adjacent to an activating group) is 1. The number of fused-ring (bicyclic) bond motifs is 3. The van der Waals surface area contributed by atoms with Gasteiger partial charge in [0.1, 0.15) is 12.6 Å². The molecule has 1 aliphatic carbocycles. The summed E-state index contributed by atoms with van der Waals surface area (Å²) in [5.74, 6) is -1.60. The molecule has 0 aromatic heterocycles. The van der Waals surface area contributed by atoms with Crippen molar-refractivity contribution >= 4 is 29.9 Å². The lowest BCUT2D eigenvalue weighted by Crippen LogP contribution is -2.54. The van der Waals surface area contributed by atoms with Crippen LogP contribution in [0, 0.1) is 0 Å². The zero-order valence-corrected chi connectivity index (χ0v) is 18.7. The fourth-order valence-corrected chi connectivity index (χ4v) is 4.77. The van der Waals surface area contributed by atoms with E-state index in [2.05, 4.69) is 4.72 Å². The van der Waals surface area contributed by atoms with E-state index in [1.54, 1.807) is 13.8 Å². The second kappa shape index (κ2) is 9.01. The molecular formula is C23H26N2O5S. The summed E-state index contributed by atoms with van der Waals surface area (Å²) in [6.07, 6.45) is -0.731. The first-order chi connectivity index (χ1) is 14.6. The first-order valence-corrected chi connectivity index (χ1v) is 10.7. The smallest absolute Gasteiger partial charge is 0.410 e. The lowest BCUT2D eigenvalue weighted by molar-refractivity contribution is -0.143. The van der Waals surface area contributed by atoms with Crippen molar-refractivity contribution in [1.29, 1.82) is 0 Å². The molecule has 0 radical (unpaired) electrons. The Labute approximate surface area is 185 Å². The molecular weight excluding hydrogens is 416 g/mol. The second-order valence-corrected chi connectivity index (χ2v) is 9.48. The van der Waals surface area contributed by atoms with Crippen LogP contribution in [-0.2, 0) is 14.3 Å². The van der Waals surface area contributed by atoms with Crippen molar-refractivity contribution < 1.29 is 24.2 Å². The number of ether oxygens (including phenoxy) is 1. The summed E-state index contributed by atoms with van der Waals surface area (Å²) >= 11 is 0.964. The molecule has 164 valence electrons. The third kappa shape index (κ3) is 4.69. The summed E-state index contributed by atoms with van der Waals surface area (Å²) in [5, 5.41) is 9.76. The summed E-state index contributed by atoms with van der Waals surface area (Å²) < 4.78 is 7.14. The van der Waals surface area contributed by atoms with E-state index in [0.717, 1.165) is 39.1 Å². The van der Waals surface area contributed by atoms with Crippen molar-refractivity contribution in [2.75, 3.05) is 13.7 Å². The van der Waals surface area contributed by atoms with Crippen LogP contribution in [0.25, 0.3) is 11.1 Å². The third-order valence-electron chi connectivity index (χ3n) is 5.36. The van der Waals surface area contributed by atoms with E-state index in [-0.39, 0.29) is 18.4 Å². The Balaban J connectivity index is 1.75. The maximum atomic E-state index is 12.8. The Bertz CT molecular complexity index is 961. The molecule has 0 aliphatic heterocycles. The summed E-state index contributed by atoms with van der Waals surface area (Å²) in [7, 11) is 1.40. The summed E-state index contributed by atoms with van der Waals surface area (Å²) in [6.45, 7) is 4.75. The van der Waals surface area contributed by atoms with Gasteiger partial charge in [0.05, 0.1) is 4.75 Å². The molecule has 0 fully saturated rings. The zero-order chi connectivity index (χ0) is 22.8. The molecule has 0 unspecified atom stereocenters. The molecule has 2 amide bonds. The second-order valence-electron chi connectivity index (χ2n) is 8.02. The van der Waals surface area contributed by atoms with Crippen molar-refractivity contribution in [2.45, 2.75) is 37.5 Å². The van der Waals surface area contributed by atoms with E-state index in [0.29, 0.717) is 0 Å². The minimum atomic E-state index is -1.21. The fraction of sp³-hybridized carbons (Fsp3) is 0.348. The normalized spacial score (nSPS) is 13.7. The number of aliphatic carboxylic acids is 1. The number of rotatable bonds is 7. The first-order valence-electron chi connectivity index (χ1n) is 9.88. The van der Waals surface area contributed by atoms with Gasteiger partial charge in [-0.05, 0) is 48.0 Å². The molecule has 0 bridgehead atoms. The van der Waals surface area contributed by atoms with Gasteiger partial charge in [-0.15, -0.1) is 0 Å². The summed E-state index contributed by atoms with van der Waals surface area (Å²) in [5.41, 5.74) is 4.39. The Morgan fingerprint density at radius 1 is 1.10 bits per heavy atom. The molecule has 31 heavy (non-hydrogen) atoms. The van der Waals surface area contributed by atoms with Crippen LogP contribution in [-0.4, -0.2) is 52.4 Å². The molecule has 3 rings (SSSR count). The number of carbonyl (C=O) groups is 3. The molecule has 0 spiro atoms. The van der Waals surface area contributed by atoms with Gasteiger partial charge in [-0.1, -0.05) is 48.5 Å². The van der Waals surface area contributed by atoms with Crippen LogP contribution in [0.2, 0.25) is 0 Å². The van der Waals surface area contributed by atoms with E-state index in [4.69, 9.17) is 4.74 Å². The van der Waals surface area contributed by atoms with E-state index >= 15 is 0 Å². The fourth-order valence-electron chi connectivity index (χ4n) is 3.99. The average Bonchev–Trinajstić information content (AvgIpc) is 3.04. The number of benzene rings is 2. The Morgan fingerprint density at radius 2 is 1.61 bits per heavy atom. The maximum absolute atomic E-state index is 12.8. The van der Waals surface area contributed by atoms with Gasteiger partial charge >= 0.3 is 12.1 Å². The Morgan fingerprint density at radius 3 is 2.10 bits per heavy atom. The highest BCUT2D eigenvalue weighted by molar-refractivity contribution is 7.99. The van der Waals surface area contributed by atoms with Gasteiger partial charge in [0, 0.05) is 19.9 Å². The quantitative estimate of drug-likeness (QED) is 0.632. The van der Waals surface area contributed by atoms with Crippen LogP contribution in [0.15, 0.2) is 48.5 Å². The molecule has 1 aliphatic rings. The highest BCUT2D eigenvalue weighted by Gasteiger charge is 2.42. The molecule has 2 aromatic carbocycles. The Hall–Kier alpha value is -3.00. The average molecular weight is 443 g/mol. The number of nitrogens with one attached hydrogen (secondary N) is 1. The molecule has 0 saturated carbocycles. The van der Waals surface area contributed by atoms with Crippen LogP contribution in [0.4, 0.5) is 4.79 Å². The number of carboxylic acid groups (broad SMARTS) is 1. The van der Waals surface area contributed by atoms with Crippen molar-refractivity contribution in [1.82, 2.24) is 9.62 Å². The van der Waals surface area contributed by atoms with Crippen molar-refractivity contribution in [3.63, 3.8) is 0 Å². The zero-order valence-electron chi connectivity index (χ0n) is 17.9. The van der Waals surface area contributed by atoms with Gasteiger partial charge in [0.25, 0.3) is 0 Å². The van der Waals surface area contributed by atoms with E-state index < -0.39 is 22.9 Å². The van der Waals surface area contributed by atoms with Crippen LogP contribution in [0.1, 0.15) is 37.8 Å². The van der Waals surface area contributed by atoms with Gasteiger partial charge < -0.3 is 9.84 Å². The topological polar surface area (TPSA) is 95.9 Å². The molecule has 0 saturated heterocycles. The van der Waals surface area contributed by atoms with Gasteiger partial charge in [0.2, 0.25) is 5.91 Å². The van der Waals surface area contributed by atoms with Crippen molar-refractivity contribution in [3.05, 3.63) is 59.7 Å². The lowest BCUT2D eigenvalue weighted by Gasteiger charge is -2.36. The van der Waals surface area contributed by atoms with E-state index in [1.165, 1.54) is 14.0 Å². The predicted molar refractivity (Wildman–Crippen MR) is 120 cm³/mol. The highest BCUT2D eigenvalue weighted by atomic mass is 32.2. The minimum Gasteiger partial charge on any atom is -0.480 e. The van der Waals surface area contributed by atoms with Gasteiger partial charge in [-0.3, -0.25) is 14.4 Å². The van der Waals surface area contributed by atoms with Crippen LogP contribution >= 0.6 is 11.9 Å². The molecule has 0 heterocycles. The number of carboxylic acids is 1. The number of hydrogen-bond donors (Lipinski definition) is 2. The van der Waals surface area contributed by atoms with Crippen molar-refractivity contribution in [3.8, 4) is 11.1 Å². The number of carbonyl (C=O) groups excluding carboxylic acids is 2.